The Morgan fingerprint density at radius 2 is 1.89 bits per heavy atom. The minimum atomic E-state index is -3.72. The number of nitrogens with zero attached hydrogens (tertiary/aromatic N) is 1. The summed E-state index contributed by atoms with van der Waals surface area (Å²) in [7, 11) is -3.72. The number of rotatable bonds is 7. The van der Waals surface area contributed by atoms with Crippen molar-refractivity contribution in [2.24, 2.45) is 0 Å². The van der Waals surface area contributed by atoms with Crippen molar-refractivity contribution in [3.05, 3.63) is 64.6 Å². The van der Waals surface area contributed by atoms with Crippen molar-refractivity contribution in [2.75, 3.05) is 11.3 Å². The number of aromatic nitrogens is 1. The summed E-state index contributed by atoms with van der Waals surface area (Å²) in [5.74, 6) is 0.630. The molecule has 0 spiro atoms. The highest BCUT2D eigenvalue weighted by atomic mass is 35.5. The first-order valence-corrected chi connectivity index (χ1v) is 10.9. The van der Waals surface area contributed by atoms with Gasteiger partial charge in [0.25, 0.3) is 15.9 Å². The highest BCUT2D eigenvalue weighted by molar-refractivity contribution is 7.94. The van der Waals surface area contributed by atoms with Crippen molar-refractivity contribution >= 4 is 44.6 Å². The van der Waals surface area contributed by atoms with E-state index < -0.39 is 10.0 Å². The third-order valence-corrected chi connectivity index (χ3v) is 6.58. The Morgan fingerprint density at radius 1 is 1.14 bits per heavy atom. The van der Waals surface area contributed by atoms with Crippen molar-refractivity contribution in [3.8, 4) is 11.6 Å². The fourth-order valence-electron chi connectivity index (χ4n) is 2.21. The van der Waals surface area contributed by atoms with E-state index >= 15 is 0 Å². The highest BCUT2D eigenvalue weighted by Gasteiger charge is 2.17. The van der Waals surface area contributed by atoms with Crippen molar-refractivity contribution in [2.45, 2.75) is 11.1 Å². The van der Waals surface area contributed by atoms with E-state index in [9.17, 15) is 13.2 Å². The molecule has 2 N–H and O–H groups in total. The zero-order chi connectivity index (χ0) is 20.1. The summed E-state index contributed by atoms with van der Waals surface area (Å²) < 4.78 is 33.1. The first-order valence-electron chi connectivity index (χ1n) is 8.18. The lowest BCUT2D eigenvalue weighted by Gasteiger charge is -2.08. The van der Waals surface area contributed by atoms with E-state index in [4.69, 9.17) is 16.3 Å². The summed E-state index contributed by atoms with van der Waals surface area (Å²) in [6, 6.07) is 12.6. The normalized spacial score (nSPS) is 11.1. The monoisotopic (exact) mass is 437 g/mol. The number of pyridine rings is 1. The number of hydrogen-bond donors (Lipinski definition) is 2. The zero-order valence-electron chi connectivity index (χ0n) is 14.7. The topological polar surface area (TPSA) is 97.4 Å². The Balaban J connectivity index is 1.65. The first-order chi connectivity index (χ1) is 13.4. The zero-order valence-corrected chi connectivity index (χ0v) is 17.1. The molecule has 0 unspecified atom stereocenters. The number of carbonyl (C=O) groups is 1. The number of nitrogens with one attached hydrogen (secondary N) is 2. The number of carbonyl (C=O) groups excluding carboxylic acids is 1. The number of thiophene rings is 1. The van der Waals surface area contributed by atoms with Crippen LogP contribution in [0.2, 0.25) is 4.34 Å². The number of sulfonamides is 1. The summed E-state index contributed by atoms with van der Waals surface area (Å²) in [6.45, 7) is 2.40. The van der Waals surface area contributed by atoms with Gasteiger partial charge in [0.1, 0.15) is 9.96 Å². The molecule has 146 valence electrons. The van der Waals surface area contributed by atoms with Gasteiger partial charge in [-0.15, -0.1) is 11.3 Å². The third-order valence-electron chi connectivity index (χ3n) is 3.48. The second-order valence-corrected chi connectivity index (χ2v) is 9.16. The number of benzene rings is 1. The SMILES string of the molecule is CCNC(=O)c1ccc(Oc2ccc(NS(=O)(=O)c3ccc(Cl)s3)cn2)cc1. The predicted octanol–water partition coefficient (Wildman–Crippen LogP) is 4.14. The van der Waals surface area contributed by atoms with Gasteiger partial charge in [0.15, 0.2) is 0 Å². The van der Waals surface area contributed by atoms with Gasteiger partial charge in [-0.1, -0.05) is 11.6 Å². The lowest BCUT2D eigenvalue weighted by molar-refractivity contribution is 0.0956. The second-order valence-electron chi connectivity index (χ2n) is 5.54. The van der Waals surface area contributed by atoms with Gasteiger partial charge >= 0.3 is 0 Å². The summed E-state index contributed by atoms with van der Waals surface area (Å²) in [5, 5.41) is 2.71. The fraction of sp³-hybridized carbons (Fsp3) is 0.111. The molecule has 0 atom stereocenters. The lowest BCUT2D eigenvalue weighted by atomic mass is 10.2. The Kier molecular flexibility index (Phi) is 6.18. The minimum absolute atomic E-state index is 0.116. The molecule has 0 bridgehead atoms. The molecular formula is C18H16ClN3O4S2. The lowest BCUT2D eigenvalue weighted by Crippen LogP contribution is -2.22. The predicted molar refractivity (Wildman–Crippen MR) is 109 cm³/mol. The van der Waals surface area contributed by atoms with Crippen LogP contribution in [0.25, 0.3) is 0 Å². The molecule has 1 amide bonds. The van der Waals surface area contributed by atoms with E-state index in [1.807, 2.05) is 6.92 Å². The highest BCUT2D eigenvalue weighted by Crippen LogP contribution is 2.27. The molecule has 0 radical (unpaired) electrons. The molecule has 2 heterocycles. The van der Waals surface area contributed by atoms with Crippen molar-refractivity contribution < 1.29 is 17.9 Å². The molecule has 0 saturated heterocycles. The molecule has 2 aromatic heterocycles. The molecule has 0 aliphatic rings. The van der Waals surface area contributed by atoms with Crippen LogP contribution in [-0.2, 0) is 10.0 Å². The van der Waals surface area contributed by atoms with E-state index in [1.54, 1.807) is 24.3 Å². The smallest absolute Gasteiger partial charge is 0.271 e. The number of hydrogen-bond acceptors (Lipinski definition) is 6. The van der Waals surface area contributed by atoms with Crippen LogP contribution in [0.3, 0.4) is 0 Å². The van der Waals surface area contributed by atoms with E-state index in [-0.39, 0.29) is 16.0 Å². The Hall–Kier alpha value is -2.62. The van der Waals surface area contributed by atoms with E-state index in [2.05, 4.69) is 15.0 Å². The van der Waals surface area contributed by atoms with E-state index in [0.29, 0.717) is 27.9 Å². The Bertz CT molecular complexity index is 1060. The van der Waals surface area contributed by atoms with Gasteiger partial charge in [0.05, 0.1) is 16.2 Å². The van der Waals surface area contributed by atoms with Gasteiger partial charge < -0.3 is 10.1 Å². The van der Waals surface area contributed by atoms with Crippen LogP contribution in [0.4, 0.5) is 5.69 Å². The van der Waals surface area contributed by atoms with Crippen LogP contribution in [0.5, 0.6) is 11.6 Å². The maximum absolute atomic E-state index is 12.3. The van der Waals surface area contributed by atoms with Crippen LogP contribution in [0, 0.1) is 0 Å². The molecule has 1 aromatic carbocycles. The number of anilines is 1. The van der Waals surface area contributed by atoms with Crippen molar-refractivity contribution in [1.82, 2.24) is 10.3 Å². The molecule has 10 heteroatoms. The second kappa shape index (κ2) is 8.59. The van der Waals surface area contributed by atoms with Crippen molar-refractivity contribution in [1.29, 1.82) is 0 Å². The van der Waals surface area contributed by atoms with Crippen LogP contribution in [0.15, 0.2) is 58.9 Å². The quantitative estimate of drug-likeness (QED) is 0.579. The van der Waals surface area contributed by atoms with Crippen LogP contribution >= 0.6 is 22.9 Å². The van der Waals surface area contributed by atoms with Gasteiger partial charge in [-0.25, -0.2) is 13.4 Å². The molecule has 0 saturated carbocycles. The van der Waals surface area contributed by atoms with Crippen molar-refractivity contribution in [3.63, 3.8) is 0 Å². The first kappa shape index (κ1) is 20.1. The van der Waals surface area contributed by atoms with Gasteiger partial charge in [-0.2, -0.15) is 0 Å². The largest absolute Gasteiger partial charge is 0.439 e. The average Bonchev–Trinajstić information content (AvgIpc) is 3.11. The molecular weight excluding hydrogens is 422 g/mol. The number of ether oxygens (including phenoxy) is 1. The molecule has 0 fully saturated rings. The van der Waals surface area contributed by atoms with E-state index in [0.717, 1.165) is 11.3 Å². The minimum Gasteiger partial charge on any atom is -0.439 e. The number of amides is 1. The standard InChI is InChI=1S/C18H16ClN3O4S2/c1-2-20-18(23)12-3-6-14(7-4-12)26-16-9-5-13(11-21-16)22-28(24,25)17-10-8-15(19)27-17/h3-11,22H,2H2,1H3,(H,20,23). The summed E-state index contributed by atoms with van der Waals surface area (Å²) in [5.41, 5.74) is 0.823. The molecule has 7 nitrogen and oxygen atoms in total. The van der Waals surface area contributed by atoms with Gasteiger partial charge in [-0.05, 0) is 49.4 Å². The van der Waals surface area contributed by atoms with Gasteiger partial charge in [0.2, 0.25) is 5.88 Å². The Labute approximate surface area is 171 Å². The molecule has 0 aliphatic heterocycles. The molecule has 3 rings (SSSR count). The maximum Gasteiger partial charge on any atom is 0.271 e. The Morgan fingerprint density at radius 3 is 2.46 bits per heavy atom. The van der Waals surface area contributed by atoms with E-state index in [1.165, 1.54) is 30.5 Å². The molecule has 28 heavy (non-hydrogen) atoms. The summed E-state index contributed by atoms with van der Waals surface area (Å²) in [6.07, 6.45) is 1.35. The molecule has 3 aromatic rings. The van der Waals surface area contributed by atoms with Crippen LogP contribution < -0.4 is 14.8 Å². The third kappa shape index (κ3) is 5.00. The number of halogens is 1. The van der Waals surface area contributed by atoms with Gasteiger partial charge in [0, 0.05) is 18.2 Å². The fourth-order valence-corrected chi connectivity index (χ4v) is 4.73. The average molecular weight is 438 g/mol. The maximum atomic E-state index is 12.3. The summed E-state index contributed by atoms with van der Waals surface area (Å²) >= 11 is 6.75. The van der Waals surface area contributed by atoms with Crippen LogP contribution in [-0.4, -0.2) is 25.9 Å². The summed E-state index contributed by atoms with van der Waals surface area (Å²) in [4.78, 5) is 15.8. The van der Waals surface area contributed by atoms with Gasteiger partial charge in [-0.3, -0.25) is 9.52 Å². The van der Waals surface area contributed by atoms with Crippen LogP contribution in [0.1, 0.15) is 17.3 Å². The molecule has 0 aliphatic carbocycles.